The summed E-state index contributed by atoms with van der Waals surface area (Å²) in [6.07, 6.45) is 12.1. The summed E-state index contributed by atoms with van der Waals surface area (Å²) in [6, 6.07) is 0. The molecule has 4 atom stereocenters. The molecule has 0 aromatic carbocycles. The number of hydrogen-bond acceptors (Lipinski definition) is 4. The van der Waals surface area contributed by atoms with Gasteiger partial charge in [0.1, 0.15) is 5.78 Å². The van der Waals surface area contributed by atoms with E-state index in [1.165, 1.54) is 12.7 Å². The van der Waals surface area contributed by atoms with Gasteiger partial charge < -0.3 is 4.74 Å². The highest BCUT2D eigenvalue weighted by Crippen LogP contribution is 2.70. The lowest BCUT2D eigenvalue weighted by atomic mass is 9.51. The second kappa shape index (κ2) is 5.43. The summed E-state index contributed by atoms with van der Waals surface area (Å²) in [5.74, 6) is -0.381. The fourth-order valence-electron chi connectivity index (χ4n) is 6.83. The van der Waals surface area contributed by atoms with Gasteiger partial charge in [-0.1, -0.05) is 30.2 Å². The first-order valence-corrected chi connectivity index (χ1v) is 10.3. The summed E-state index contributed by atoms with van der Waals surface area (Å²) < 4.78 is 5.17. The van der Waals surface area contributed by atoms with E-state index in [-0.39, 0.29) is 22.6 Å². The number of rotatable bonds is 1. The van der Waals surface area contributed by atoms with Crippen molar-refractivity contribution in [3.63, 3.8) is 0 Å². The average Bonchev–Trinajstić information content (AvgIpc) is 3.11. The van der Waals surface area contributed by atoms with E-state index in [2.05, 4.69) is 19.9 Å². The van der Waals surface area contributed by atoms with E-state index in [4.69, 9.17) is 4.74 Å². The summed E-state index contributed by atoms with van der Waals surface area (Å²) in [7, 11) is 1.42. The van der Waals surface area contributed by atoms with Crippen LogP contribution in [0.3, 0.4) is 0 Å². The monoisotopic (exact) mass is 378 g/mol. The lowest BCUT2D eigenvalue weighted by molar-refractivity contribution is -0.144. The molecule has 2 unspecified atom stereocenters. The Balaban J connectivity index is 1.75. The minimum atomic E-state index is -0.441. The SMILES string of the molecule is COC(=O)[C@@H]1CC2=CC(=O)C=CC2(C)C2=C1C1=CC[C@@]3(C)CCC(=O)C13CC2. The van der Waals surface area contributed by atoms with Crippen molar-refractivity contribution >= 4 is 17.5 Å². The third-order valence-electron chi connectivity index (χ3n) is 8.44. The van der Waals surface area contributed by atoms with Crippen molar-refractivity contribution in [2.75, 3.05) is 7.11 Å². The lowest BCUT2D eigenvalue weighted by Gasteiger charge is -2.51. The van der Waals surface area contributed by atoms with E-state index in [9.17, 15) is 14.4 Å². The fraction of sp³-hybridized carbons (Fsp3) is 0.542. The molecule has 0 aromatic heterocycles. The van der Waals surface area contributed by atoms with Crippen LogP contribution in [0, 0.1) is 22.2 Å². The Morgan fingerprint density at radius 2 is 1.96 bits per heavy atom. The first-order valence-electron chi connectivity index (χ1n) is 10.3. The van der Waals surface area contributed by atoms with Gasteiger partial charge in [-0.3, -0.25) is 14.4 Å². The minimum absolute atomic E-state index is 0.0222. The van der Waals surface area contributed by atoms with Gasteiger partial charge >= 0.3 is 5.97 Å². The van der Waals surface area contributed by atoms with Crippen LogP contribution in [0.15, 0.2) is 46.6 Å². The molecule has 28 heavy (non-hydrogen) atoms. The molecule has 0 aromatic rings. The fourth-order valence-corrected chi connectivity index (χ4v) is 6.83. The van der Waals surface area contributed by atoms with Crippen LogP contribution < -0.4 is 0 Å². The zero-order valence-corrected chi connectivity index (χ0v) is 16.8. The van der Waals surface area contributed by atoms with Gasteiger partial charge in [0.15, 0.2) is 5.78 Å². The van der Waals surface area contributed by atoms with Gasteiger partial charge in [-0.2, -0.15) is 0 Å². The van der Waals surface area contributed by atoms with Crippen molar-refractivity contribution in [1.82, 2.24) is 0 Å². The van der Waals surface area contributed by atoms with Gasteiger partial charge in [-0.15, -0.1) is 0 Å². The van der Waals surface area contributed by atoms with Crippen LogP contribution in [-0.2, 0) is 19.1 Å². The van der Waals surface area contributed by atoms with E-state index in [0.717, 1.165) is 42.4 Å². The molecule has 1 fully saturated rings. The Hall–Kier alpha value is -2.23. The van der Waals surface area contributed by atoms with Crippen LogP contribution in [0.2, 0.25) is 0 Å². The number of hydrogen-bond donors (Lipinski definition) is 0. The molecule has 1 spiro atoms. The van der Waals surface area contributed by atoms with Crippen LogP contribution in [0.1, 0.15) is 52.4 Å². The molecule has 0 heterocycles. The number of carbonyl (C=O) groups is 3. The Bertz CT molecular complexity index is 961. The summed E-state index contributed by atoms with van der Waals surface area (Å²) in [5, 5.41) is 0. The zero-order valence-electron chi connectivity index (χ0n) is 16.8. The predicted octanol–water partition coefficient (Wildman–Crippen LogP) is 4.03. The molecule has 0 aliphatic heterocycles. The van der Waals surface area contributed by atoms with E-state index in [1.807, 2.05) is 6.08 Å². The number of ketones is 2. The highest BCUT2D eigenvalue weighted by Gasteiger charge is 2.65. The second-order valence-electron chi connectivity index (χ2n) is 9.49. The van der Waals surface area contributed by atoms with Crippen molar-refractivity contribution in [2.24, 2.45) is 22.2 Å². The predicted molar refractivity (Wildman–Crippen MR) is 104 cm³/mol. The van der Waals surface area contributed by atoms with Crippen LogP contribution in [0.5, 0.6) is 0 Å². The Morgan fingerprint density at radius 1 is 1.18 bits per heavy atom. The second-order valence-corrected chi connectivity index (χ2v) is 9.49. The van der Waals surface area contributed by atoms with Gasteiger partial charge in [-0.05, 0) is 67.7 Å². The molecule has 5 aliphatic carbocycles. The van der Waals surface area contributed by atoms with Crippen LogP contribution in [0.4, 0.5) is 0 Å². The molecule has 0 saturated heterocycles. The quantitative estimate of drug-likeness (QED) is 0.647. The molecule has 4 heteroatoms. The van der Waals surface area contributed by atoms with Gasteiger partial charge in [-0.25, -0.2) is 0 Å². The number of allylic oxidation sites excluding steroid dienone is 7. The third kappa shape index (κ3) is 1.89. The third-order valence-corrected chi connectivity index (χ3v) is 8.44. The van der Waals surface area contributed by atoms with Crippen molar-refractivity contribution in [2.45, 2.75) is 52.4 Å². The van der Waals surface area contributed by atoms with E-state index in [0.29, 0.717) is 18.6 Å². The highest BCUT2D eigenvalue weighted by atomic mass is 16.5. The van der Waals surface area contributed by atoms with E-state index >= 15 is 0 Å². The van der Waals surface area contributed by atoms with E-state index in [1.54, 1.807) is 12.2 Å². The standard InChI is InChI=1S/C24H26O4/c1-22-8-5-18-20-16(21(27)28-3)13-14-12-15(25)4-10-23(14,2)17(20)6-11-24(18,22)19(26)7-9-22/h4-5,10,12,16H,6-9,11,13H2,1-3H3/t16-,22+,23?,24?/m1/s1. The number of Topliss-reactive ketones (excluding diaryl/α,β-unsaturated/α-hetero) is 1. The van der Waals surface area contributed by atoms with Crippen LogP contribution in [-0.4, -0.2) is 24.6 Å². The molecule has 0 N–H and O–H groups in total. The lowest BCUT2D eigenvalue weighted by Crippen LogP contribution is -2.46. The molecule has 5 aliphatic rings. The molecule has 5 rings (SSSR count). The van der Waals surface area contributed by atoms with E-state index < -0.39 is 11.3 Å². The van der Waals surface area contributed by atoms with Crippen molar-refractivity contribution in [3.8, 4) is 0 Å². The molecule has 0 radical (unpaired) electrons. The summed E-state index contributed by atoms with van der Waals surface area (Å²) in [4.78, 5) is 38.0. The molecule has 1 saturated carbocycles. The first-order chi connectivity index (χ1) is 13.3. The largest absolute Gasteiger partial charge is 0.469 e. The Kier molecular flexibility index (Phi) is 3.46. The molecular weight excluding hydrogens is 352 g/mol. The first kappa shape index (κ1) is 17.8. The molecule has 4 nitrogen and oxygen atoms in total. The number of esters is 1. The van der Waals surface area contributed by atoms with Gasteiger partial charge in [0.2, 0.25) is 0 Å². The minimum Gasteiger partial charge on any atom is -0.469 e. The van der Waals surface area contributed by atoms with Gasteiger partial charge in [0, 0.05) is 11.8 Å². The van der Waals surface area contributed by atoms with Crippen molar-refractivity contribution in [3.05, 3.63) is 46.6 Å². The van der Waals surface area contributed by atoms with Crippen LogP contribution >= 0.6 is 0 Å². The molecule has 0 amide bonds. The van der Waals surface area contributed by atoms with Crippen LogP contribution in [0.25, 0.3) is 0 Å². The van der Waals surface area contributed by atoms with Crippen molar-refractivity contribution < 1.29 is 19.1 Å². The molecular formula is C24H26O4. The smallest absolute Gasteiger partial charge is 0.313 e. The van der Waals surface area contributed by atoms with Crippen molar-refractivity contribution in [1.29, 1.82) is 0 Å². The Morgan fingerprint density at radius 3 is 2.71 bits per heavy atom. The summed E-state index contributed by atoms with van der Waals surface area (Å²) >= 11 is 0. The molecule has 0 bridgehead atoms. The topological polar surface area (TPSA) is 60.4 Å². The Labute approximate surface area is 165 Å². The summed E-state index contributed by atoms with van der Waals surface area (Å²) in [6.45, 7) is 4.39. The normalized spacial score (nSPS) is 41.0. The maximum Gasteiger partial charge on any atom is 0.313 e. The van der Waals surface area contributed by atoms with Gasteiger partial charge in [0.05, 0.1) is 18.4 Å². The average molecular weight is 378 g/mol. The number of methoxy groups -OCH3 is 1. The van der Waals surface area contributed by atoms with Gasteiger partial charge in [0.25, 0.3) is 0 Å². The maximum absolute atomic E-state index is 13.2. The summed E-state index contributed by atoms with van der Waals surface area (Å²) in [5.41, 5.74) is 3.50. The number of ether oxygens (including phenoxy) is 1. The number of fused-ring (bicyclic) bond motifs is 3. The highest BCUT2D eigenvalue weighted by molar-refractivity contribution is 6.02. The number of carbonyl (C=O) groups excluding carboxylic acids is 3. The maximum atomic E-state index is 13.2. The zero-order chi connectivity index (χ0) is 19.9. The molecule has 146 valence electrons.